The average Bonchev–Trinajstić information content (AvgIpc) is 3.08. The summed E-state index contributed by atoms with van der Waals surface area (Å²) in [5.74, 6) is 0. The third kappa shape index (κ3) is 3.18. The minimum atomic E-state index is -1.93. The Hall–Kier alpha value is -0.400. The fraction of sp³-hybridized carbons (Fsp3) is 0.273. The molecule has 4 heteroatoms. The summed E-state index contributed by atoms with van der Waals surface area (Å²) in [5.41, 5.74) is 5.72. The maximum atomic E-state index is 2.57. The van der Waals surface area contributed by atoms with Crippen LogP contribution >= 0.6 is 0 Å². The number of hydrogen-bond acceptors (Lipinski definition) is 0. The van der Waals surface area contributed by atoms with Crippen LogP contribution in [0.4, 0.5) is 0 Å². The Balaban J connectivity index is 0.00000121. The zero-order valence-electron chi connectivity index (χ0n) is 15.7. The van der Waals surface area contributed by atoms with E-state index in [0.29, 0.717) is 6.25 Å². The van der Waals surface area contributed by atoms with Crippen LogP contribution in [0.25, 0.3) is 12.2 Å². The van der Waals surface area contributed by atoms with Crippen molar-refractivity contribution in [1.29, 1.82) is 0 Å². The van der Waals surface area contributed by atoms with Crippen LogP contribution in [-0.2, 0) is 26.6 Å². The average molecular weight is 479 g/mol. The third-order valence-corrected chi connectivity index (χ3v) is 27.5. The Morgan fingerprint density at radius 3 is 1.46 bits per heavy atom. The van der Waals surface area contributed by atoms with E-state index in [1.807, 2.05) is 0 Å². The van der Waals surface area contributed by atoms with Crippen LogP contribution in [0.5, 0.6) is 0 Å². The first-order valence-electron chi connectivity index (χ1n) is 8.73. The first-order valence-corrected chi connectivity index (χ1v) is 17.4. The van der Waals surface area contributed by atoms with Crippen molar-refractivity contribution >= 4 is 17.6 Å². The van der Waals surface area contributed by atoms with Crippen molar-refractivity contribution in [3.63, 3.8) is 0 Å². The molecule has 2 aromatic rings. The van der Waals surface area contributed by atoms with Gasteiger partial charge in [-0.15, -0.1) is 0 Å². The van der Waals surface area contributed by atoms with E-state index in [2.05, 4.69) is 99.8 Å². The molecule has 2 aliphatic carbocycles. The molecule has 4 rings (SSSR count). The molecule has 0 saturated carbocycles. The van der Waals surface area contributed by atoms with Crippen LogP contribution in [-0.4, -0.2) is 5.43 Å². The molecule has 2 aromatic carbocycles. The summed E-state index contributed by atoms with van der Waals surface area (Å²) in [7, 11) is 0. The van der Waals surface area contributed by atoms with Crippen LogP contribution < -0.4 is 24.8 Å². The van der Waals surface area contributed by atoms with Gasteiger partial charge >= 0.3 is 154 Å². The maximum Gasteiger partial charge on any atom is -1.00 e. The van der Waals surface area contributed by atoms with Gasteiger partial charge in [-0.3, -0.25) is 0 Å². The molecule has 0 N–H and O–H groups in total. The Morgan fingerprint density at radius 1 is 0.692 bits per heavy atom. The zero-order valence-corrected chi connectivity index (χ0v) is 20.7. The van der Waals surface area contributed by atoms with Gasteiger partial charge in [0, 0.05) is 0 Å². The van der Waals surface area contributed by atoms with Crippen molar-refractivity contribution in [2.24, 2.45) is 0 Å². The van der Waals surface area contributed by atoms with E-state index in [1.165, 1.54) is 11.1 Å². The van der Waals surface area contributed by atoms with Crippen LogP contribution in [0, 0.1) is 0 Å². The van der Waals surface area contributed by atoms with Crippen LogP contribution in [0.1, 0.15) is 36.1 Å². The molecule has 134 valence electrons. The quantitative estimate of drug-likeness (QED) is 0.523. The summed E-state index contributed by atoms with van der Waals surface area (Å²) in [6, 6.07) is 18.1. The standard InChI is InChI=1S/2C10H9.C2H6Si.2ClH.Zr/c2*1-8-6-7-9-4-2-3-5-10(8)9;1-3-2;;;/h2*2-7H,1H3;1-2H3;2*1H;/q;;;;;+2/p-2. The predicted molar refractivity (Wildman–Crippen MR) is 103 cm³/mol. The molecule has 0 aromatic heterocycles. The molecular weight excluding hydrogens is 454 g/mol. The van der Waals surface area contributed by atoms with Crippen LogP contribution in [0.2, 0.25) is 13.1 Å². The van der Waals surface area contributed by atoms with Crippen molar-refractivity contribution in [3.8, 4) is 0 Å². The second kappa shape index (κ2) is 7.92. The molecule has 2 atom stereocenters. The third-order valence-electron chi connectivity index (χ3n) is 5.77. The van der Waals surface area contributed by atoms with Gasteiger partial charge in [0.15, 0.2) is 0 Å². The number of fused-ring (bicyclic) bond motifs is 2. The second-order valence-corrected chi connectivity index (χ2v) is 26.9. The first kappa shape index (κ1) is 21.9. The summed E-state index contributed by atoms with van der Waals surface area (Å²) in [5, 5.41) is 0. The Labute approximate surface area is 177 Å². The number of benzene rings is 2. The van der Waals surface area contributed by atoms with Crippen molar-refractivity contribution in [1.82, 2.24) is 0 Å². The number of hydrogen-bond donors (Lipinski definition) is 0. The largest absolute Gasteiger partial charge is 1.00 e. The van der Waals surface area contributed by atoms with Gasteiger partial charge in [0.2, 0.25) is 0 Å². The van der Waals surface area contributed by atoms with Crippen molar-refractivity contribution < 1.29 is 45.2 Å². The van der Waals surface area contributed by atoms with Gasteiger partial charge in [0.05, 0.1) is 0 Å². The summed E-state index contributed by atoms with van der Waals surface area (Å²) in [6.45, 7) is 10.2. The van der Waals surface area contributed by atoms with Crippen LogP contribution in [0.3, 0.4) is 0 Å². The number of rotatable bonds is 2. The van der Waals surface area contributed by atoms with Crippen LogP contribution in [0.15, 0.2) is 60.7 Å². The fourth-order valence-corrected chi connectivity index (χ4v) is 31.2. The molecule has 0 amide bonds. The molecule has 0 nitrogen and oxygen atoms in total. The van der Waals surface area contributed by atoms with Gasteiger partial charge in [-0.1, -0.05) is 0 Å². The molecule has 0 aliphatic heterocycles. The summed E-state index contributed by atoms with van der Waals surface area (Å²) < 4.78 is 0.598. The van der Waals surface area contributed by atoms with E-state index in [-0.39, 0.29) is 30.2 Å². The Kier molecular flexibility index (Phi) is 6.67. The summed E-state index contributed by atoms with van der Waals surface area (Å²) in [4.78, 5) is 0. The van der Waals surface area contributed by atoms with Gasteiger partial charge < -0.3 is 24.8 Å². The van der Waals surface area contributed by atoms with Gasteiger partial charge in [0.25, 0.3) is 0 Å². The predicted octanol–water partition coefficient (Wildman–Crippen LogP) is -0.252. The molecule has 0 spiro atoms. The van der Waals surface area contributed by atoms with E-state index in [1.54, 1.807) is 11.1 Å². The Morgan fingerprint density at radius 2 is 1.08 bits per heavy atom. The molecule has 0 heterocycles. The molecule has 26 heavy (non-hydrogen) atoms. The molecule has 0 saturated heterocycles. The van der Waals surface area contributed by atoms with Gasteiger partial charge in [-0.05, 0) is 0 Å². The number of allylic oxidation sites excluding steroid dienone is 2. The Bertz CT molecular complexity index is 858. The summed E-state index contributed by atoms with van der Waals surface area (Å²) in [6.07, 6.45) is 9.89. The first-order chi connectivity index (χ1) is 11.5. The number of halogens is 2. The molecule has 2 aliphatic rings. The van der Waals surface area contributed by atoms with E-state index >= 15 is 0 Å². The van der Waals surface area contributed by atoms with E-state index in [4.69, 9.17) is 0 Å². The topological polar surface area (TPSA) is 0 Å². The molecule has 2 unspecified atom stereocenters. The van der Waals surface area contributed by atoms with Gasteiger partial charge in [-0.25, -0.2) is 0 Å². The molecular formula is C22H24Cl2SiZr. The maximum absolute atomic E-state index is 2.57. The van der Waals surface area contributed by atoms with Gasteiger partial charge in [0.1, 0.15) is 0 Å². The minimum absolute atomic E-state index is 0. The SMILES string of the molecule is C[Si](C)=[Zr+2]([C]1(C)C=Cc2ccccc21)[C]1(C)C=Cc2ccccc21.[Cl-].[Cl-]. The van der Waals surface area contributed by atoms with Crippen molar-refractivity contribution in [2.75, 3.05) is 0 Å². The monoisotopic (exact) mass is 476 g/mol. The molecule has 0 bridgehead atoms. The van der Waals surface area contributed by atoms with E-state index < -0.39 is 20.4 Å². The van der Waals surface area contributed by atoms with E-state index in [0.717, 1.165) is 0 Å². The summed E-state index contributed by atoms with van der Waals surface area (Å²) >= 11 is -1.93. The smallest absolute Gasteiger partial charge is 1.00 e. The van der Waals surface area contributed by atoms with Crippen molar-refractivity contribution in [2.45, 2.75) is 33.2 Å². The molecule has 0 radical (unpaired) electrons. The normalized spacial score (nSPS) is 24.0. The van der Waals surface area contributed by atoms with Gasteiger partial charge in [-0.2, -0.15) is 0 Å². The fourth-order valence-electron chi connectivity index (χ4n) is 4.94. The second-order valence-electron chi connectivity index (χ2n) is 7.62. The van der Waals surface area contributed by atoms with Crippen molar-refractivity contribution in [3.05, 3.63) is 82.9 Å². The molecule has 0 fully saturated rings. The zero-order chi connectivity index (χ0) is 16.9. The van der Waals surface area contributed by atoms with E-state index in [9.17, 15) is 0 Å². The minimum Gasteiger partial charge on any atom is -1.00 e.